The summed E-state index contributed by atoms with van der Waals surface area (Å²) in [5.74, 6) is 0.595. The summed E-state index contributed by atoms with van der Waals surface area (Å²) in [6.07, 6.45) is 7.42. The van der Waals surface area contributed by atoms with Crippen molar-refractivity contribution in [2.75, 3.05) is 19.6 Å². The number of hydrogen-bond donors (Lipinski definition) is 1. The highest BCUT2D eigenvalue weighted by atomic mass is 32.1. The molecule has 1 aliphatic carbocycles. The van der Waals surface area contributed by atoms with Crippen LogP contribution in [0.15, 0.2) is 35.1 Å². The number of hydrogen-bond acceptors (Lipinski definition) is 5. The van der Waals surface area contributed by atoms with Gasteiger partial charge in [-0.05, 0) is 69.2 Å². The molecule has 2 aliphatic rings. The zero-order valence-corrected chi connectivity index (χ0v) is 19.3. The maximum atomic E-state index is 13.6. The van der Waals surface area contributed by atoms with E-state index in [2.05, 4.69) is 22.3 Å². The average Bonchev–Trinajstić information content (AvgIpc) is 3.44. The predicted octanol–water partition coefficient (Wildman–Crippen LogP) is 3.29. The summed E-state index contributed by atoms with van der Waals surface area (Å²) < 4.78 is 1.64. The molecule has 5 rings (SSSR count). The Morgan fingerprint density at radius 1 is 1.06 bits per heavy atom. The van der Waals surface area contributed by atoms with Gasteiger partial charge >= 0.3 is 0 Å². The van der Waals surface area contributed by atoms with Crippen LogP contribution in [-0.4, -0.2) is 40.0 Å². The number of fused-ring (bicyclic) bond motifs is 3. The minimum Gasteiger partial charge on any atom is -0.354 e. The minimum atomic E-state index is -0.129. The van der Waals surface area contributed by atoms with E-state index in [9.17, 15) is 9.59 Å². The molecule has 6 nitrogen and oxygen atoms in total. The van der Waals surface area contributed by atoms with Gasteiger partial charge in [0.2, 0.25) is 5.91 Å². The van der Waals surface area contributed by atoms with Gasteiger partial charge in [-0.15, -0.1) is 11.3 Å². The van der Waals surface area contributed by atoms with E-state index in [1.807, 2.05) is 18.2 Å². The Kier molecular flexibility index (Phi) is 6.37. The minimum absolute atomic E-state index is 0.0321. The SMILES string of the molecule is O=C(Cn1c(CN2CCCC2)nc2sc3c(c2c1=O)CCCC3)NCCc1ccccc1. The highest BCUT2D eigenvalue weighted by molar-refractivity contribution is 7.18. The van der Waals surface area contributed by atoms with E-state index in [0.29, 0.717) is 13.1 Å². The van der Waals surface area contributed by atoms with E-state index in [1.165, 1.54) is 35.3 Å². The number of nitrogens with one attached hydrogen (secondary N) is 1. The predicted molar refractivity (Wildman–Crippen MR) is 128 cm³/mol. The average molecular weight is 451 g/mol. The number of thiophene rings is 1. The number of carbonyl (C=O) groups is 1. The van der Waals surface area contributed by atoms with Crippen molar-refractivity contribution in [1.29, 1.82) is 0 Å². The fraction of sp³-hybridized carbons (Fsp3) is 0.480. The van der Waals surface area contributed by atoms with Crippen molar-refractivity contribution < 1.29 is 4.79 Å². The molecule has 1 saturated heterocycles. The molecule has 0 spiro atoms. The maximum absolute atomic E-state index is 13.6. The van der Waals surface area contributed by atoms with Crippen molar-refractivity contribution in [3.05, 3.63) is 62.5 Å². The normalized spacial score (nSPS) is 16.4. The summed E-state index contributed by atoms with van der Waals surface area (Å²) >= 11 is 1.68. The number of rotatable bonds is 7. The lowest BCUT2D eigenvalue weighted by Gasteiger charge is -2.18. The summed E-state index contributed by atoms with van der Waals surface area (Å²) in [7, 11) is 0. The van der Waals surface area contributed by atoms with Crippen LogP contribution in [0.5, 0.6) is 0 Å². The van der Waals surface area contributed by atoms with E-state index in [-0.39, 0.29) is 18.0 Å². The first kappa shape index (κ1) is 21.3. The van der Waals surface area contributed by atoms with Gasteiger partial charge in [-0.3, -0.25) is 19.1 Å². The van der Waals surface area contributed by atoms with Crippen LogP contribution in [0.25, 0.3) is 10.2 Å². The lowest BCUT2D eigenvalue weighted by molar-refractivity contribution is -0.121. The third kappa shape index (κ3) is 4.50. The van der Waals surface area contributed by atoms with E-state index in [4.69, 9.17) is 4.98 Å². The Labute approximate surface area is 192 Å². The summed E-state index contributed by atoms with van der Waals surface area (Å²) in [5, 5.41) is 3.75. The first-order chi connectivity index (χ1) is 15.7. The fourth-order valence-corrected chi connectivity index (χ4v) is 6.17. The van der Waals surface area contributed by atoms with Crippen LogP contribution in [0, 0.1) is 0 Å². The third-order valence-corrected chi connectivity index (χ3v) is 7.78. The highest BCUT2D eigenvalue weighted by Crippen LogP contribution is 2.34. The van der Waals surface area contributed by atoms with Gasteiger partial charge in [-0.1, -0.05) is 30.3 Å². The van der Waals surface area contributed by atoms with Gasteiger partial charge in [0.05, 0.1) is 11.9 Å². The van der Waals surface area contributed by atoms with E-state index in [1.54, 1.807) is 15.9 Å². The first-order valence-electron chi connectivity index (χ1n) is 11.8. The lowest BCUT2D eigenvalue weighted by Crippen LogP contribution is -2.37. The number of nitrogens with zero attached hydrogens (tertiary/aromatic N) is 3. The number of likely N-dealkylation sites (tertiary alicyclic amines) is 1. The molecule has 0 unspecified atom stereocenters. The Hall–Kier alpha value is -2.51. The van der Waals surface area contributed by atoms with Crippen molar-refractivity contribution in [3.63, 3.8) is 0 Å². The third-order valence-electron chi connectivity index (χ3n) is 6.60. The Morgan fingerprint density at radius 2 is 1.84 bits per heavy atom. The molecule has 7 heteroatoms. The summed E-state index contributed by atoms with van der Waals surface area (Å²) in [6.45, 7) is 3.27. The summed E-state index contributed by atoms with van der Waals surface area (Å²) in [6, 6.07) is 10.1. The molecule has 1 amide bonds. The molecular formula is C25H30N4O2S. The zero-order chi connectivity index (χ0) is 21.9. The summed E-state index contributed by atoms with van der Waals surface area (Å²) in [4.78, 5) is 35.9. The molecule has 3 aromatic rings. The quantitative estimate of drug-likeness (QED) is 0.600. The van der Waals surface area contributed by atoms with E-state index in [0.717, 1.165) is 54.8 Å². The van der Waals surface area contributed by atoms with Crippen molar-refractivity contribution >= 4 is 27.5 Å². The largest absolute Gasteiger partial charge is 0.354 e. The van der Waals surface area contributed by atoms with Crippen molar-refractivity contribution in [2.45, 2.75) is 58.0 Å². The molecule has 1 fully saturated rings. The highest BCUT2D eigenvalue weighted by Gasteiger charge is 2.24. The van der Waals surface area contributed by atoms with Crippen molar-refractivity contribution in [1.82, 2.24) is 19.8 Å². The monoisotopic (exact) mass is 450 g/mol. The van der Waals surface area contributed by atoms with Crippen LogP contribution >= 0.6 is 11.3 Å². The molecule has 2 aromatic heterocycles. The fourth-order valence-electron chi connectivity index (χ4n) is 4.90. The van der Waals surface area contributed by atoms with Gasteiger partial charge in [0.25, 0.3) is 5.56 Å². The number of aryl methyl sites for hydroxylation is 2. The summed E-state index contributed by atoms with van der Waals surface area (Å²) in [5.41, 5.74) is 2.33. The van der Waals surface area contributed by atoms with Gasteiger partial charge in [-0.2, -0.15) is 0 Å². The molecule has 32 heavy (non-hydrogen) atoms. The van der Waals surface area contributed by atoms with Crippen molar-refractivity contribution in [3.8, 4) is 0 Å². The number of benzene rings is 1. The molecule has 1 aromatic carbocycles. The molecule has 1 aliphatic heterocycles. The van der Waals surface area contributed by atoms with Crippen LogP contribution < -0.4 is 10.9 Å². The Morgan fingerprint density at radius 3 is 2.66 bits per heavy atom. The maximum Gasteiger partial charge on any atom is 0.263 e. The van der Waals surface area contributed by atoms with Crippen LogP contribution in [-0.2, 0) is 37.1 Å². The topological polar surface area (TPSA) is 67.2 Å². The number of carbonyl (C=O) groups excluding carboxylic acids is 1. The first-order valence-corrected chi connectivity index (χ1v) is 12.6. The molecule has 0 saturated carbocycles. The van der Waals surface area contributed by atoms with Gasteiger partial charge < -0.3 is 5.32 Å². The molecule has 3 heterocycles. The number of aromatic nitrogens is 2. The van der Waals surface area contributed by atoms with Gasteiger partial charge in [0, 0.05) is 11.4 Å². The Balaban J connectivity index is 1.40. The lowest BCUT2D eigenvalue weighted by atomic mass is 9.97. The van der Waals surface area contributed by atoms with Gasteiger partial charge in [0.1, 0.15) is 17.2 Å². The molecular weight excluding hydrogens is 420 g/mol. The van der Waals surface area contributed by atoms with Crippen LogP contribution in [0.4, 0.5) is 0 Å². The molecule has 0 bridgehead atoms. The second-order valence-electron chi connectivity index (χ2n) is 8.88. The van der Waals surface area contributed by atoms with Crippen LogP contribution in [0.3, 0.4) is 0 Å². The molecule has 0 atom stereocenters. The van der Waals surface area contributed by atoms with Crippen LogP contribution in [0.2, 0.25) is 0 Å². The van der Waals surface area contributed by atoms with Gasteiger partial charge in [-0.25, -0.2) is 4.98 Å². The van der Waals surface area contributed by atoms with E-state index >= 15 is 0 Å². The van der Waals surface area contributed by atoms with Crippen LogP contribution in [0.1, 0.15) is 47.5 Å². The second kappa shape index (κ2) is 9.55. The number of amides is 1. The van der Waals surface area contributed by atoms with E-state index < -0.39 is 0 Å². The molecule has 0 radical (unpaired) electrons. The molecule has 1 N–H and O–H groups in total. The standard InChI is InChI=1S/C25H30N4O2S/c30-22(26-13-12-18-8-2-1-3-9-18)17-29-21(16-28-14-6-7-15-28)27-24-23(25(29)31)19-10-4-5-11-20(19)32-24/h1-3,8-9H,4-7,10-17H2,(H,26,30). The second-order valence-corrected chi connectivity index (χ2v) is 9.96. The zero-order valence-electron chi connectivity index (χ0n) is 18.4. The van der Waals surface area contributed by atoms with Crippen molar-refractivity contribution in [2.24, 2.45) is 0 Å². The Bertz CT molecular complexity index is 1160. The molecule has 168 valence electrons. The van der Waals surface area contributed by atoms with Gasteiger partial charge in [0.15, 0.2) is 0 Å². The smallest absolute Gasteiger partial charge is 0.263 e.